The van der Waals surface area contributed by atoms with Crippen molar-refractivity contribution in [1.29, 1.82) is 0 Å². The highest BCUT2D eigenvalue weighted by molar-refractivity contribution is 8.00. The van der Waals surface area contributed by atoms with E-state index in [4.69, 9.17) is 0 Å². The minimum Gasteiger partial charge on any atom is -0.240 e. The first-order chi connectivity index (χ1) is 9.40. The van der Waals surface area contributed by atoms with E-state index < -0.39 is 31.1 Å². The van der Waals surface area contributed by atoms with Crippen molar-refractivity contribution in [1.82, 2.24) is 4.57 Å². The van der Waals surface area contributed by atoms with Crippen LogP contribution >= 0.6 is 0 Å². The summed E-state index contributed by atoms with van der Waals surface area (Å²) in [5.74, 6) is 0. The van der Waals surface area contributed by atoms with Crippen molar-refractivity contribution in [2.45, 2.75) is 30.6 Å². The Morgan fingerprint density at radius 1 is 1.29 bits per heavy atom. The minimum absolute atomic E-state index is 0.107. The molecule has 0 spiro atoms. The van der Waals surface area contributed by atoms with Crippen molar-refractivity contribution in [2.24, 2.45) is 7.05 Å². The number of imidazole rings is 1. The third-order valence-corrected chi connectivity index (χ3v) is 5.65. The van der Waals surface area contributed by atoms with Gasteiger partial charge in [-0.25, -0.2) is 9.13 Å². The molecule has 1 aromatic heterocycles. The second-order valence-corrected chi connectivity index (χ2v) is 7.68. The van der Waals surface area contributed by atoms with Crippen molar-refractivity contribution >= 4 is 20.2 Å². The average Bonchev–Trinajstić information content (AvgIpc) is 2.69. The molecule has 0 N–H and O–H groups in total. The summed E-state index contributed by atoms with van der Waals surface area (Å²) in [4.78, 5) is 0. The Morgan fingerprint density at radius 3 is 2.24 bits per heavy atom. The van der Waals surface area contributed by atoms with Gasteiger partial charge in [-0.3, -0.25) is 0 Å². The molecule has 21 heavy (non-hydrogen) atoms. The van der Waals surface area contributed by atoms with Crippen LogP contribution in [0.5, 0.6) is 0 Å². The Balaban J connectivity index is 3.19. The second kappa shape index (κ2) is 5.93. The summed E-state index contributed by atoms with van der Waals surface area (Å²) < 4.78 is 88.1. The van der Waals surface area contributed by atoms with Gasteiger partial charge in [0.2, 0.25) is 11.7 Å². The van der Waals surface area contributed by atoms with Gasteiger partial charge in [-0.15, -0.1) is 3.63 Å². The van der Waals surface area contributed by atoms with E-state index in [1.807, 2.05) is 0 Å². The molecule has 0 bridgehead atoms. The van der Waals surface area contributed by atoms with E-state index in [1.54, 1.807) is 14.0 Å². The Morgan fingerprint density at radius 2 is 1.86 bits per heavy atom. The van der Waals surface area contributed by atoms with Crippen LogP contribution in [0.1, 0.15) is 25.1 Å². The lowest BCUT2D eigenvalue weighted by atomic mass is 10.3. The molecule has 0 saturated heterocycles. The highest BCUT2D eigenvalue weighted by Gasteiger charge is 2.52. The van der Waals surface area contributed by atoms with Crippen molar-refractivity contribution in [3.05, 3.63) is 18.7 Å². The third kappa shape index (κ3) is 4.17. The molecule has 0 aromatic carbocycles. The zero-order valence-electron chi connectivity index (χ0n) is 11.1. The summed E-state index contributed by atoms with van der Waals surface area (Å²) in [5, 5.41) is -1.57. The van der Waals surface area contributed by atoms with E-state index in [0.29, 0.717) is 6.42 Å². The molecule has 0 aliphatic heterocycles. The second-order valence-electron chi connectivity index (χ2n) is 4.23. The fraction of sp³-hybridized carbons (Fsp3) is 0.667. The van der Waals surface area contributed by atoms with Crippen molar-refractivity contribution in [3.63, 3.8) is 0 Å². The Hall–Kier alpha value is -1.14. The number of aryl methyl sites for hydroxylation is 1. The van der Waals surface area contributed by atoms with Gasteiger partial charge in [0.15, 0.2) is 0 Å². The van der Waals surface area contributed by atoms with Gasteiger partial charge in [0.1, 0.15) is 12.4 Å². The predicted octanol–water partition coefficient (Wildman–Crippen LogP) is 0.807. The highest BCUT2D eigenvalue weighted by Crippen LogP contribution is 2.30. The van der Waals surface area contributed by atoms with Crippen molar-refractivity contribution < 1.29 is 38.2 Å². The lowest BCUT2D eigenvalue weighted by molar-refractivity contribution is -0.671. The van der Waals surface area contributed by atoms with E-state index in [9.17, 15) is 30.0 Å². The minimum atomic E-state index is -6.23. The fourth-order valence-electron chi connectivity index (χ4n) is 1.54. The van der Waals surface area contributed by atoms with Crippen LogP contribution in [0.4, 0.5) is 13.2 Å². The van der Waals surface area contributed by atoms with Crippen molar-refractivity contribution in [2.75, 3.05) is 0 Å². The highest BCUT2D eigenvalue weighted by atomic mass is 32.3. The number of hydrogen-bond acceptors (Lipinski definition) is 5. The summed E-state index contributed by atoms with van der Waals surface area (Å²) in [6.07, 6.45) is 4.23. The number of nitrogens with zero attached hydrogens (tertiary/aromatic N) is 2. The monoisotopic (exact) mass is 351 g/mol. The van der Waals surface area contributed by atoms with E-state index in [-0.39, 0.29) is 6.42 Å². The van der Waals surface area contributed by atoms with Crippen molar-refractivity contribution in [3.8, 4) is 0 Å². The lowest BCUT2D eigenvalue weighted by Crippen LogP contribution is -2.32. The summed E-state index contributed by atoms with van der Waals surface area (Å²) in [5.41, 5.74) is -5.81. The topological polar surface area (TPSA) is 86.3 Å². The summed E-state index contributed by atoms with van der Waals surface area (Å²) in [6, 6.07) is 0. The Kier molecular flexibility index (Phi) is 5.05. The molecule has 122 valence electrons. The molecule has 1 heterocycles. The van der Waals surface area contributed by atoms with Crippen LogP contribution in [0.2, 0.25) is 0 Å². The van der Waals surface area contributed by atoms with Crippen LogP contribution in [-0.2, 0) is 30.9 Å². The average molecular weight is 351 g/mol. The molecule has 0 radical (unpaired) electrons. The molecule has 0 aliphatic rings. The first-order valence-electron chi connectivity index (χ1n) is 5.69. The smallest absolute Gasteiger partial charge is 0.240 e. The lowest BCUT2D eigenvalue weighted by Gasteiger charge is -2.14. The molecular weight excluding hydrogens is 337 g/mol. The van der Waals surface area contributed by atoms with Gasteiger partial charge in [-0.1, -0.05) is 13.3 Å². The van der Waals surface area contributed by atoms with Gasteiger partial charge in [-0.05, 0) is 0 Å². The van der Waals surface area contributed by atoms with E-state index in [2.05, 4.69) is 3.63 Å². The van der Waals surface area contributed by atoms with Gasteiger partial charge in [0.25, 0.3) is 0 Å². The van der Waals surface area contributed by atoms with Crippen LogP contribution in [0.15, 0.2) is 18.7 Å². The van der Waals surface area contributed by atoms with Gasteiger partial charge < -0.3 is 0 Å². The molecule has 1 aromatic rings. The zero-order valence-corrected chi connectivity index (χ0v) is 12.7. The fourth-order valence-corrected chi connectivity index (χ4v) is 4.16. The molecule has 0 fully saturated rings. The first-order valence-corrected chi connectivity index (χ1v) is 8.57. The largest absolute Gasteiger partial charge is 0.524 e. The van der Waals surface area contributed by atoms with Crippen LogP contribution in [0.25, 0.3) is 0 Å². The van der Waals surface area contributed by atoms with E-state index >= 15 is 0 Å². The summed E-state index contributed by atoms with van der Waals surface area (Å²) >= 11 is 0. The molecule has 0 aliphatic carbocycles. The molecule has 1 unspecified atom stereocenters. The first kappa shape index (κ1) is 17.9. The summed E-state index contributed by atoms with van der Waals surface area (Å²) in [6.45, 7) is 1.60. The maximum atomic E-state index is 12.2. The summed E-state index contributed by atoms with van der Waals surface area (Å²) in [7, 11) is -9.68. The van der Waals surface area contributed by atoms with E-state index in [1.165, 1.54) is 23.3 Å². The molecular formula is C9H14F3N2O5S2+. The molecule has 0 saturated carbocycles. The maximum Gasteiger partial charge on any atom is 0.524 e. The molecule has 1 atom stereocenters. The molecule has 0 amide bonds. The number of aromatic nitrogens is 2. The Bertz CT molecular complexity index is 693. The van der Waals surface area contributed by atoms with Crippen LogP contribution < -0.4 is 4.57 Å². The standard InChI is InChI=1S/C9H14F3N2O5S2/c1-3-4-8(14-6-5-13(2)7-14)20(15,16)19-21(17,18)9(10,11)12/h5-8H,3-4H2,1-2H3/q+1. The van der Waals surface area contributed by atoms with Crippen LogP contribution in [0, 0.1) is 0 Å². The number of rotatable bonds is 6. The number of alkyl halides is 3. The maximum absolute atomic E-state index is 12.2. The number of halogens is 3. The van der Waals surface area contributed by atoms with Gasteiger partial charge >= 0.3 is 25.7 Å². The normalized spacial score (nSPS) is 15.1. The van der Waals surface area contributed by atoms with Gasteiger partial charge in [0.05, 0.1) is 7.05 Å². The quantitative estimate of drug-likeness (QED) is 0.559. The number of hydrogen-bond donors (Lipinski definition) is 0. The third-order valence-electron chi connectivity index (χ3n) is 2.46. The SMILES string of the molecule is CCCC(n1cc[n+](C)c1)S(=O)(=O)OS(=O)(=O)C(F)(F)F. The molecule has 1 rings (SSSR count). The Labute approximate surface area is 120 Å². The molecule has 12 heteroatoms. The van der Waals surface area contributed by atoms with Gasteiger partial charge in [-0.2, -0.15) is 30.0 Å². The zero-order chi connectivity index (χ0) is 16.5. The van der Waals surface area contributed by atoms with Crippen LogP contribution in [-0.4, -0.2) is 26.9 Å². The van der Waals surface area contributed by atoms with Gasteiger partial charge in [0, 0.05) is 6.42 Å². The predicted molar refractivity (Wildman–Crippen MR) is 64.5 cm³/mol. The van der Waals surface area contributed by atoms with Crippen LogP contribution in [0.3, 0.4) is 0 Å². The molecule has 7 nitrogen and oxygen atoms in total. The van der Waals surface area contributed by atoms with E-state index in [0.717, 1.165) is 4.57 Å².